The predicted octanol–water partition coefficient (Wildman–Crippen LogP) is 3.92. The zero-order valence-corrected chi connectivity index (χ0v) is 12.5. The third kappa shape index (κ3) is 3.74. The van der Waals surface area contributed by atoms with Gasteiger partial charge in [0.05, 0.1) is 22.1 Å². The van der Waals surface area contributed by atoms with Crippen LogP contribution in [-0.4, -0.2) is 17.0 Å². The van der Waals surface area contributed by atoms with Crippen LogP contribution in [0.3, 0.4) is 0 Å². The van der Waals surface area contributed by atoms with Crippen LogP contribution in [0.15, 0.2) is 30.5 Å². The van der Waals surface area contributed by atoms with Crippen molar-refractivity contribution in [1.29, 1.82) is 0 Å². The summed E-state index contributed by atoms with van der Waals surface area (Å²) >= 11 is 11.7. The number of pyridine rings is 1. The maximum atomic E-state index is 11.0. The van der Waals surface area contributed by atoms with Gasteiger partial charge in [-0.15, -0.1) is 0 Å². The topological polar surface area (TPSA) is 77.3 Å². The van der Waals surface area contributed by atoms with E-state index in [-0.39, 0.29) is 15.7 Å². The lowest BCUT2D eigenvalue weighted by Gasteiger charge is -2.09. The van der Waals surface area contributed by atoms with Crippen LogP contribution < -0.4 is 10.1 Å². The molecular formula is C13H11Cl2N3O3. The van der Waals surface area contributed by atoms with Gasteiger partial charge in [0.2, 0.25) is 5.88 Å². The lowest BCUT2D eigenvalue weighted by molar-refractivity contribution is -0.383. The Hall–Kier alpha value is -2.05. The molecule has 0 radical (unpaired) electrons. The number of methoxy groups -OCH3 is 1. The minimum absolute atomic E-state index is 0.133. The van der Waals surface area contributed by atoms with E-state index < -0.39 is 4.92 Å². The first-order chi connectivity index (χ1) is 10.0. The van der Waals surface area contributed by atoms with E-state index in [1.54, 1.807) is 12.3 Å². The summed E-state index contributed by atoms with van der Waals surface area (Å²) < 4.78 is 4.96. The van der Waals surface area contributed by atoms with E-state index in [0.717, 1.165) is 5.56 Å². The van der Waals surface area contributed by atoms with Crippen molar-refractivity contribution in [3.63, 3.8) is 0 Å². The number of hydrogen-bond donors (Lipinski definition) is 1. The largest absolute Gasteiger partial charge is 0.481 e. The highest BCUT2D eigenvalue weighted by atomic mass is 35.5. The molecule has 0 bridgehead atoms. The van der Waals surface area contributed by atoms with E-state index in [2.05, 4.69) is 10.3 Å². The van der Waals surface area contributed by atoms with Crippen LogP contribution in [0.2, 0.25) is 10.0 Å². The van der Waals surface area contributed by atoms with Crippen molar-refractivity contribution in [3.8, 4) is 5.88 Å². The maximum Gasteiger partial charge on any atom is 0.293 e. The first kappa shape index (κ1) is 15.3. The fourth-order valence-electron chi connectivity index (χ4n) is 1.66. The standard InChI is InChI=1S/C13H11Cl2N3O3/c1-21-13-3-2-8(7-17-13)6-16-11-4-9(14)10(15)5-12(11)18(19)20/h2-5,7,16H,6H2,1H3. The van der Waals surface area contributed by atoms with Crippen molar-refractivity contribution in [2.24, 2.45) is 0 Å². The van der Waals surface area contributed by atoms with Gasteiger partial charge in [-0.1, -0.05) is 29.3 Å². The summed E-state index contributed by atoms with van der Waals surface area (Å²) in [5.41, 5.74) is 1.01. The van der Waals surface area contributed by atoms with Crippen molar-refractivity contribution in [1.82, 2.24) is 4.98 Å². The highest BCUT2D eigenvalue weighted by Gasteiger charge is 2.16. The van der Waals surface area contributed by atoms with Crippen LogP contribution in [-0.2, 0) is 6.54 Å². The molecule has 1 aromatic carbocycles. The molecule has 2 aromatic rings. The van der Waals surface area contributed by atoms with Gasteiger partial charge in [0, 0.05) is 24.9 Å². The molecule has 1 heterocycles. The summed E-state index contributed by atoms with van der Waals surface area (Å²) in [6, 6.07) is 6.17. The predicted molar refractivity (Wildman–Crippen MR) is 81.2 cm³/mol. The second-order valence-corrected chi connectivity index (χ2v) is 4.92. The van der Waals surface area contributed by atoms with E-state index in [0.29, 0.717) is 18.1 Å². The Bertz CT molecular complexity index is 662. The van der Waals surface area contributed by atoms with Gasteiger partial charge in [-0.25, -0.2) is 4.98 Å². The Kier molecular flexibility index (Phi) is 4.82. The lowest BCUT2D eigenvalue weighted by atomic mass is 10.2. The van der Waals surface area contributed by atoms with Crippen LogP contribution in [0.4, 0.5) is 11.4 Å². The summed E-state index contributed by atoms with van der Waals surface area (Å²) in [6.07, 6.45) is 1.62. The van der Waals surface area contributed by atoms with Gasteiger partial charge in [-0.05, 0) is 11.6 Å². The maximum absolute atomic E-state index is 11.0. The Labute approximate surface area is 130 Å². The molecule has 0 unspecified atom stereocenters. The SMILES string of the molecule is COc1ccc(CNc2cc(Cl)c(Cl)cc2[N+](=O)[O-])cn1. The highest BCUT2D eigenvalue weighted by molar-refractivity contribution is 6.42. The molecule has 2 rings (SSSR count). The van der Waals surface area contributed by atoms with Crippen LogP contribution in [0.5, 0.6) is 5.88 Å². The van der Waals surface area contributed by atoms with E-state index in [1.165, 1.54) is 19.2 Å². The van der Waals surface area contributed by atoms with Crippen LogP contribution in [0.25, 0.3) is 0 Å². The minimum atomic E-state index is -0.517. The van der Waals surface area contributed by atoms with Crippen molar-refractivity contribution in [3.05, 3.63) is 56.2 Å². The minimum Gasteiger partial charge on any atom is -0.481 e. The number of ether oxygens (including phenoxy) is 1. The van der Waals surface area contributed by atoms with Gasteiger partial charge in [0.25, 0.3) is 5.69 Å². The third-order valence-corrected chi connectivity index (χ3v) is 3.45. The van der Waals surface area contributed by atoms with Gasteiger partial charge in [-0.3, -0.25) is 10.1 Å². The summed E-state index contributed by atoms with van der Waals surface area (Å²) in [4.78, 5) is 14.6. The van der Waals surface area contributed by atoms with E-state index >= 15 is 0 Å². The number of nitrogens with zero attached hydrogens (tertiary/aromatic N) is 2. The van der Waals surface area contributed by atoms with Crippen molar-refractivity contribution in [2.75, 3.05) is 12.4 Å². The van der Waals surface area contributed by atoms with Gasteiger partial charge in [0.1, 0.15) is 5.69 Å². The average Bonchev–Trinajstić information content (AvgIpc) is 2.48. The second kappa shape index (κ2) is 6.60. The molecule has 8 heteroatoms. The average molecular weight is 328 g/mol. The van der Waals surface area contributed by atoms with Crippen LogP contribution >= 0.6 is 23.2 Å². The molecule has 1 aromatic heterocycles. The number of rotatable bonds is 5. The Morgan fingerprint density at radius 1 is 1.33 bits per heavy atom. The molecule has 6 nitrogen and oxygen atoms in total. The molecule has 0 saturated carbocycles. The van der Waals surface area contributed by atoms with Crippen molar-refractivity contribution < 1.29 is 9.66 Å². The smallest absolute Gasteiger partial charge is 0.293 e. The zero-order valence-electron chi connectivity index (χ0n) is 11.0. The summed E-state index contributed by atoms with van der Waals surface area (Å²) in [5, 5.41) is 14.4. The van der Waals surface area contributed by atoms with Crippen LogP contribution in [0.1, 0.15) is 5.56 Å². The first-order valence-corrected chi connectivity index (χ1v) is 6.63. The van der Waals surface area contributed by atoms with E-state index in [9.17, 15) is 10.1 Å². The number of hydrogen-bond acceptors (Lipinski definition) is 5. The number of halogens is 2. The molecule has 0 spiro atoms. The third-order valence-electron chi connectivity index (χ3n) is 2.73. The number of anilines is 1. The molecular weight excluding hydrogens is 317 g/mol. The monoisotopic (exact) mass is 327 g/mol. The molecule has 0 fully saturated rings. The molecule has 0 aliphatic rings. The van der Waals surface area contributed by atoms with E-state index in [1.807, 2.05) is 6.07 Å². The lowest BCUT2D eigenvalue weighted by Crippen LogP contribution is -2.03. The van der Waals surface area contributed by atoms with Gasteiger partial charge < -0.3 is 10.1 Å². The van der Waals surface area contributed by atoms with Gasteiger partial charge in [-0.2, -0.15) is 0 Å². The molecule has 0 atom stereocenters. The zero-order chi connectivity index (χ0) is 15.4. The molecule has 21 heavy (non-hydrogen) atoms. The number of nitrogens with one attached hydrogen (secondary N) is 1. The summed E-state index contributed by atoms with van der Waals surface area (Å²) in [7, 11) is 1.53. The number of nitro groups is 1. The highest BCUT2D eigenvalue weighted by Crippen LogP contribution is 2.34. The van der Waals surface area contributed by atoms with Crippen molar-refractivity contribution in [2.45, 2.75) is 6.54 Å². The molecule has 0 aliphatic carbocycles. The fraction of sp³-hybridized carbons (Fsp3) is 0.154. The quantitative estimate of drug-likeness (QED) is 0.665. The van der Waals surface area contributed by atoms with Crippen molar-refractivity contribution >= 4 is 34.6 Å². The Balaban J connectivity index is 2.18. The van der Waals surface area contributed by atoms with Gasteiger partial charge in [0.15, 0.2) is 0 Å². The number of aromatic nitrogens is 1. The molecule has 0 saturated heterocycles. The normalized spacial score (nSPS) is 10.2. The molecule has 1 N–H and O–H groups in total. The fourth-order valence-corrected chi connectivity index (χ4v) is 1.98. The number of benzene rings is 1. The molecule has 0 aliphatic heterocycles. The summed E-state index contributed by atoms with van der Waals surface area (Å²) in [5.74, 6) is 0.499. The molecule has 110 valence electrons. The van der Waals surface area contributed by atoms with E-state index in [4.69, 9.17) is 27.9 Å². The van der Waals surface area contributed by atoms with Gasteiger partial charge >= 0.3 is 0 Å². The molecule has 0 amide bonds. The summed E-state index contributed by atoms with van der Waals surface area (Å²) in [6.45, 7) is 0.357. The Morgan fingerprint density at radius 2 is 2.05 bits per heavy atom. The number of nitro benzene ring substituents is 1. The second-order valence-electron chi connectivity index (χ2n) is 4.10. The first-order valence-electron chi connectivity index (χ1n) is 5.87. The Morgan fingerprint density at radius 3 is 2.62 bits per heavy atom. The van der Waals surface area contributed by atoms with Crippen LogP contribution in [0, 0.1) is 10.1 Å².